The van der Waals surface area contributed by atoms with Crippen molar-refractivity contribution in [3.8, 4) is 5.88 Å². The van der Waals surface area contributed by atoms with Gasteiger partial charge in [0.1, 0.15) is 11.5 Å². The van der Waals surface area contributed by atoms with Crippen molar-refractivity contribution < 1.29 is 31.8 Å². The van der Waals surface area contributed by atoms with Crippen molar-refractivity contribution in [2.75, 3.05) is 30.9 Å². The van der Waals surface area contributed by atoms with Crippen molar-refractivity contribution in [2.45, 2.75) is 24.1 Å². The van der Waals surface area contributed by atoms with Crippen LogP contribution in [0.15, 0.2) is 35.6 Å². The van der Waals surface area contributed by atoms with E-state index in [9.17, 15) is 18.0 Å². The zero-order valence-electron chi connectivity index (χ0n) is 17.3. The molecule has 3 heterocycles. The number of carbonyl (C=O) groups is 1. The van der Waals surface area contributed by atoms with Crippen molar-refractivity contribution in [3.63, 3.8) is 0 Å². The number of hydrogen-bond acceptors (Lipinski definition) is 8. The third kappa shape index (κ3) is 4.60. The third-order valence-corrected chi connectivity index (χ3v) is 6.13. The number of amides is 1. The standard InChI is InChI=1S/C20H19F4N5O3S/c1-18(22,23)7-32-15-6-26-14(5-27-15)16(30)28-11-2-3-13(21)12(4-11)20-9-31-8-19(20,24)10-33-17(25)29-20/h2-6H,7-10H2,1H3,(H2,25,29)(H,28,30)/t19-,20-/m1/s1. The number of halogens is 4. The van der Waals surface area contributed by atoms with E-state index < -0.39 is 35.5 Å². The Morgan fingerprint density at radius 2 is 2.12 bits per heavy atom. The van der Waals surface area contributed by atoms with E-state index in [4.69, 9.17) is 15.2 Å². The molecule has 0 saturated carbocycles. The van der Waals surface area contributed by atoms with Crippen LogP contribution in [0.2, 0.25) is 0 Å². The molecule has 0 unspecified atom stereocenters. The Hall–Kier alpha value is -2.93. The minimum atomic E-state index is -3.05. The minimum Gasteiger partial charge on any atom is -0.470 e. The van der Waals surface area contributed by atoms with Crippen LogP contribution in [0.4, 0.5) is 23.2 Å². The minimum absolute atomic E-state index is 0.0493. The second kappa shape index (κ2) is 8.45. The van der Waals surface area contributed by atoms with Gasteiger partial charge in [0.2, 0.25) is 5.88 Å². The molecular weight excluding hydrogens is 466 g/mol. The summed E-state index contributed by atoms with van der Waals surface area (Å²) in [6, 6.07) is 3.65. The van der Waals surface area contributed by atoms with Crippen molar-refractivity contribution in [2.24, 2.45) is 10.7 Å². The number of hydrogen-bond donors (Lipinski definition) is 2. The van der Waals surface area contributed by atoms with Crippen molar-refractivity contribution in [3.05, 3.63) is 47.7 Å². The molecule has 8 nitrogen and oxygen atoms in total. The molecule has 1 aromatic heterocycles. The van der Waals surface area contributed by atoms with Crippen molar-refractivity contribution in [1.29, 1.82) is 0 Å². The molecule has 2 atom stereocenters. The van der Waals surface area contributed by atoms with Crippen LogP contribution in [-0.4, -0.2) is 58.2 Å². The summed E-state index contributed by atoms with van der Waals surface area (Å²) in [7, 11) is 0. The fraction of sp³-hybridized carbons (Fsp3) is 0.400. The number of thioether (sulfide) groups is 1. The van der Waals surface area contributed by atoms with Gasteiger partial charge in [-0.1, -0.05) is 11.8 Å². The Bertz CT molecular complexity index is 1100. The zero-order chi connectivity index (χ0) is 23.9. The fourth-order valence-electron chi connectivity index (χ4n) is 3.51. The van der Waals surface area contributed by atoms with Gasteiger partial charge in [-0.2, -0.15) is 0 Å². The van der Waals surface area contributed by atoms with Gasteiger partial charge in [-0.15, -0.1) is 0 Å². The Kier molecular flexibility index (Phi) is 5.95. The summed E-state index contributed by atoms with van der Waals surface area (Å²) < 4.78 is 66.3. The summed E-state index contributed by atoms with van der Waals surface area (Å²) in [6.07, 6.45) is 2.07. The van der Waals surface area contributed by atoms with Gasteiger partial charge >= 0.3 is 0 Å². The highest BCUT2D eigenvalue weighted by molar-refractivity contribution is 8.13. The quantitative estimate of drug-likeness (QED) is 0.605. The number of aliphatic imine (C=N–C) groups is 1. The number of ether oxygens (including phenoxy) is 2. The first-order chi connectivity index (χ1) is 15.5. The molecule has 13 heteroatoms. The number of carbonyl (C=O) groups excluding carboxylic acids is 1. The second-order valence-corrected chi connectivity index (χ2v) is 8.80. The SMILES string of the molecule is CC(F)(F)COc1cnc(C(=O)Nc2ccc(F)c([C@]34COC[C@@]3(F)CSC(N)=N4)c2)cn1. The van der Waals surface area contributed by atoms with Crippen LogP contribution >= 0.6 is 11.8 Å². The average Bonchev–Trinajstić information content (AvgIpc) is 3.10. The summed E-state index contributed by atoms with van der Waals surface area (Å²) >= 11 is 1.02. The van der Waals surface area contributed by atoms with E-state index in [2.05, 4.69) is 20.3 Å². The normalized spacial score (nSPS) is 24.7. The molecule has 176 valence electrons. The first-order valence-corrected chi connectivity index (χ1v) is 10.7. The predicted molar refractivity (Wildman–Crippen MR) is 113 cm³/mol. The third-order valence-electron chi connectivity index (χ3n) is 5.14. The topological polar surface area (TPSA) is 112 Å². The maximum atomic E-state index is 15.6. The molecule has 1 aromatic carbocycles. The van der Waals surface area contributed by atoms with Crippen LogP contribution in [0.3, 0.4) is 0 Å². The lowest BCUT2D eigenvalue weighted by molar-refractivity contribution is -0.0243. The highest BCUT2D eigenvalue weighted by Gasteiger charge is 2.61. The number of nitrogens with zero attached hydrogens (tertiary/aromatic N) is 3. The molecule has 33 heavy (non-hydrogen) atoms. The van der Waals surface area contributed by atoms with Gasteiger partial charge in [-0.25, -0.2) is 32.5 Å². The maximum Gasteiger partial charge on any atom is 0.278 e. The Morgan fingerprint density at radius 3 is 2.82 bits per heavy atom. The summed E-state index contributed by atoms with van der Waals surface area (Å²) in [5, 5.41) is 2.64. The molecule has 1 amide bonds. The lowest BCUT2D eigenvalue weighted by Gasteiger charge is -2.38. The number of benzene rings is 1. The number of nitrogens with two attached hydrogens (primary N) is 1. The van der Waals surface area contributed by atoms with Crippen LogP contribution in [0.25, 0.3) is 0 Å². The highest BCUT2D eigenvalue weighted by Crippen LogP contribution is 2.50. The lowest BCUT2D eigenvalue weighted by atomic mass is 9.79. The molecule has 2 aliphatic heterocycles. The first-order valence-electron chi connectivity index (χ1n) is 9.70. The number of alkyl halides is 3. The second-order valence-electron chi connectivity index (χ2n) is 7.80. The molecule has 4 rings (SSSR count). The van der Waals surface area contributed by atoms with Crippen LogP contribution in [0.1, 0.15) is 23.0 Å². The fourth-order valence-corrected chi connectivity index (χ4v) is 4.43. The van der Waals surface area contributed by atoms with Gasteiger partial charge in [0.25, 0.3) is 11.8 Å². The van der Waals surface area contributed by atoms with E-state index in [-0.39, 0.29) is 47.0 Å². The van der Waals surface area contributed by atoms with Gasteiger partial charge in [0.15, 0.2) is 23.0 Å². The molecule has 0 radical (unpaired) electrons. The first kappa shape index (κ1) is 23.2. The van der Waals surface area contributed by atoms with Gasteiger partial charge in [0.05, 0.1) is 25.6 Å². The summed E-state index contributed by atoms with van der Waals surface area (Å²) in [5.74, 6) is -4.71. The van der Waals surface area contributed by atoms with Gasteiger partial charge in [-0.05, 0) is 18.2 Å². The van der Waals surface area contributed by atoms with Gasteiger partial charge in [0, 0.05) is 23.9 Å². The summed E-state index contributed by atoms with van der Waals surface area (Å²) in [6.45, 7) is -0.669. The predicted octanol–water partition coefficient (Wildman–Crippen LogP) is 2.90. The van der Waals surface area contributed by atoms with Gasteiger partial charge in [-0.3, -0.25) is 4.79 Å². The van der Waals surface area contributed by atoms with E-state index in [1.54, 1.807) is 0 Å². The van der Waals surface area contributed by atoms with E-state index in [1.165, 1.54) is 12.1 Å². The molecule has 0 aliphatic carbocycles. The molecule has 1 saturated heterocycles. The smallest absolute Gasteiger partial charge is 0.278 e. The van der Waals surface area contributed by atoms with Crippen LogP contribution in [0.5, 0.6) is 5.88 Å². The van der Waals surface area contributed by atoms with E-state index in [0.717, 1.165) is 30.2 Å². The molecule has 3 N–H and O–H groups in total. The number of fused-ring (bicyclic) bond motifs is 1. The lowest BCUT2D eigenvalue weighted by Crippen LogP contribution is -2.52. The molecule has 2 aromatic rings. The summed E-state index contributed by atoms with van der Waals surface area (Å²) in [4.78, 5) is 24.4. The average molecular weight is 485 g/mol. The number of aromatic nitrogens is 2. The Balaban J connectivity index is 1.55. The maximum absolute atomic E-state index is 15.6. The van der Waals surface area contributed by atoms with E-state index in [0.29, 0.717) is 6.92 Å². The molecule has 2 aliphatic rings. The van der Waals surface area contributed by atoms with E-state index >= 15 is 4.39 Å². The largest absolute Gasteiger partial charge is 0.470 e. The highest BCUT2D eigenvalue weighted by atomic mass is 32.2. The monoisotopic (exact) mass is 485 g/mol. The number of amidine groups is 1. The number of nitrogens with one attached hydrogen (secondary N) is 1. The van der Waals surface area contributed by atoms with Crippen molar-refractivity contribution >= 4 is 28.5 Å². The molecular formula is C20H19F4N5O3S. The number of rotatable bonds is 6. The van der Waals surface area contributed by atoms with Crippen LogP contribution in [-0.2, 0) is 10.3 Å². The molecule has 0 spiro atoms. The molecule has 0 bridgehead atoms. The van der Waals surface area contributed by atoms with Crippen LogP contribution < -0.4 is 15.8 Å². The Labute approximate surface area is 190 Å². The van der Waals surface area contributed by atoms with Crippen LogP contribution in [0, 0.1) is 5.82 Å². The summed E-state index contributed by atoms with van der Waals surface area (Å²) in [5.41, 5.74) is 2.07. The van der Waals surface area contributed by atoms with E-state index in [1.807, 2.05) is 0 Å². The van der Waals surface area contributed by atoms with Gasteiger partial charge < -0.3 is 20.5 Å². The number of anilines is 1. The van der Waals surface area contributed by atoms with Crippen molar-refractivity contribution in [1.82, 2.24) is 9.97 Å². The zero-order valence-corrected chi connectivity index (χ0v) is 18.1. The molecule has 1 fully saturated rings. The Morgan fingerprint density at radius 1 is 1.33 bits per heavy atom.